The van der Waals surface area contributed by atoms with Crippen molar-refractivity contribution < 1.29 is 34.8 Å². The minimum absolute atomic E-state index is 0.385. The maximum Gasteiger partial charge on any atom is 0.322 e. The Bertz CT molecular complexity index is 572. The summed E-state index contributed by atoms with van der Waals surface area (Å²) in [5.74, 6) is -3.09. The summed E-state index contributed by atoms with van der Waals surface area (Å²) in [7, 11) is 0. The molecule has 12 N–H and O–H groups in total. The molecule has 0 aliphatic heterocycles. The fourth-order valence-corrected chi connectivity index (χ4v) is 1.49. The second-order valence-corrected chi connectivity index (χ2v) is 5.64. The Kier molecular flexibility index (Phi) is 16.4. The van der Waals surface area contributed by atoms with Gasteiger partial charge in [0.05, 0.1) is 6.61 Å². The Balaban J connectivity index is 0. The molecule has 1 aromatic rings. The molecule has 0 aromatic heterocycles. The molecule has 0 saturated carbocycles. The van der Waals surface area contributed by atoms with Gasteiger partial charge in [0.15, 0.2) is 0 Å². The van der Waals surface area contributed by atoms with E-state index in [1.54, 1.807) is 0 Å². The van der Waals surface area contributed by atoms with Crippen molar-refractivity contribution in [3.63, 3.8) is 0 Å². The number of carboxylic acid groups (broad SMARTS) is 3. The number of aliphatic hydroxyl groups excluding tert-OH is 1. The number of hydrogen-bond donors (Lipinski definition) is 8. The number of nitrogens with two attached hydrogens (primary N) is 4. The van der Waals surface area contributed by atoms with Crippen LogP contribution in [0.15, 0.2) is 30.3 Å². The van der Waals surface area contributed by atoms with Crippen molar-refractivity contribution in [1.82, 2.24) is 0 Å². The van der Waals surface area contributed by atoms with Gasteiger partial charge in [-0.15, -0.1) is 0 Å². The maximum atomic E-state index is 10.4. The third kappa shape index (κ3) is 15.7. The van der Waals surface area contributed by atoms with Crippen LogP contribution in [0.4, 0.5) is 0 Å². The molecule has 160 valence electrons. The molecule has 0 aliphatic carbocycles. The molecule has 0 saturated heterocycles. The number of carbonyl (C=O) groups is 3. The summed E-state index contributed by atoms with van der Waals surface area (Å²) < 4.78 is 0. The van der Waals surface area contributed by atoms with Gasteiger partial charge in [-0.25, -0.2) is 0 Å². The average molecular weight is 402 g/mol. The van der Waals surface area contributed by atoms with E-state index in [2.05, 4.69) is 0 Å². The van der Waals surface area contributed by atoms with Gasteiger partial charge in [-0.3, -0.25) is 14.4 Å². The van der Waals surface area contributed by atoms with Crippen molar-refractivity contribution in [1.29, 1.82) is 0 Å². The summed E-state index contributed by atoms with van der Waals surface area (Å²) in [5.41, 5.74) is 21.3. The lowest BCUT2D eigenvalue weighted by Gasteiger charge is -2.04. The molecule has 11 nitrogen and oxygen atoms in total. The quantitative estimate of drug-likeness (QED) is 0.228. The zero-order valence-corrected chi connectivity index (χ0v) is 15.5. The Morgan fingerprint density at radius 1 is 0.821 bits per heavy atom. The topological polar surface area (TPSA) is 236 Å². The third-order valence-electron chi connectivity index (χ3n) is 3.17. The second-order valence-electron chi connectivity index (χ2n) is 5.64. The molecule has 1 rings (SSSR count). The lowest BCUT2D eigenvalue weighted by Crippen LogP contribution is -2.33. The van der Waals surface area contributed by atoms with Gasteiger partial charge in [0.2, 0.25) is 0 Å². The largest absolute Gasteiger partial charge is 0.480 e. The highest BCUT2D eigenvalue weighted by atomic mass is 16.4. The normalized spacial score (nSPS) is 12.9. The summed E-state index contributed by atoms with van der Waals surface area (Å²) in [5, 5.41) is 32.7. The van der Waals surface area contributed by atoms with Gasteiger partial charge in [0, 0.05) is 0 Å². The second kappa shape index (κ2) is 16.6. The smallest absolute Gasteiger partial charge is 0.322 e. The highest BCUT2D eigenvalue weighted by Gasteiger charge is 2.11. The monoisotopic (exact) mass is 402 g/mol. The van der Waals surface area contributed by atoms with Crippen molar-refractivity contribution in [2.45, 2.75) is 37.4 Å². The number of carboxylic acids is 3. The van der Waals surface area contributed by atoms with E-state index in [0.717, 1.165) is 5.56 Å². The zero-order valence-electron chi connectivity index (χ0n) is 15.5. The molecule has 0 radical (unpaired) electrons. The molecular formula is C17H30N4O7. The van der Waals surface area contributed by atoms with E-state index in [1.807, 2.05) is 30.3 Å². The summed E-state index contributed by atoms with van der Waals surface area (Å²) in [6.45, 7) is -0.00366. The Morgan fingerprint density at radius 2 is 1.29 bits per heavy atom. The number of hydrogen-bond acceptors (Lipinski definition) is 8. The average Bonchev–Trinajstić information content (AvgIpc) is 2.66. The standard InChI is InChI=1S/C9H11NO2.C5H12N2O2.C3H7NO3/c10-8(9(11)12)6-7-4-2-1-3-5-7;6-3-1-2-4(7)5(8)9;4-2(1-5)3(6)7/h1-5,8H,6,10H2,(H,11,12);4H,1-3,6-7H2,(H,8,9);2,5H,1,4H2,(H,6,7)/t8-;4-;2-/m000/s1. The van der Waals surface area contributed by atoms with E-state index in [1.165, 1.54) is 0 Å². The Morgan fingerprint density at radius 3 is 1.61 bits per heavy atom. The zero-order chi connectivity index (χ0) is 22.1. The van der Waals surface area contributed by atoms with Crippen LogP contribution in [0.5, 0.6) is 0 Å². The minimum atomic E-state index is -1.18. The van der Waals surface area contributed by atoms with E-state index >= 15 is 0 Å². The van der Waals surface area contributed by atoms with Crippen LogP contribution in [0.3, 0.4) is 0 Å². The molecular weight excluding hydrogens is 372 g/mol. The summed E-state index contributed by atoms with van der Waals surface area (Å²) in [6, 6.07) is 6.68. The van der Waals surface area contributed by atoms with Gasteiger partial charge in [-0.1, -0.05) is 30.3 Å². The Labute approximate surface area is 162 Å². The third-order valence-corrected chi connectivity index (χ3v) is 3.17. The molecule has 0 bridgehead atoms. The molecule has 0 fully saturated rings. The van der Waals surface area contributed by atoms with Crippen molar-refractivity contribution in [3.05, 3.63) is 35.9 Å². The van der Waals surface area contributed by atoms with Crippen LogP contribution in [-0.4, -0.2) is 69.6 Å². The minimum Gasteiger partial charge on any atom is -0.480 e. The summed E-state index contributed by atoms with van der Waals surface area (Å²) in [4.78, 5) is 30.1. The first-order chi connectivity index (χ1) is 13.1. The van der Waals surface area contributed by atoms with Crippen LogP contribution in [0.25, 0.3) is 0 Å². The molecule has 1 aromatic carbocycles. The van der Waals surface area contributed by atoms with Crippen molar-refractivity contribution in [2.24, 2.45) is 22.9 Å². The molecule has 0 aliphatic rings. The van der Waals surface area contributed by atoms with Gasteiger partial charge in [-0.2, -0.15) is 0 Å². The first-order valence-electron chi connectivity index (χ1n) is 8.36. The predicted molar refractivity (Wildman–Crippen MR) is 102 cm³/mol. The highest BCUT2D eigenvalue weighted by molar-refractivity contribution is 5.73. The van der Waals surface area contributed by atoms with Crippen molar-refractivity contribution in [3.8, 4) is 0 Å². The molecule has 0 heterocycles. The van der Waals surface area contributed by atoms with E-state index < -0.39 is 42.6 Å². The fraction of sp³-hybridized carbons (Fsp3) is 0.471. The highest BCUT2D eigenvalue weighted by Crippen LogP contribution is 2.01. The van der Waals surface area contributed by atoms with Crippen LogP contribution >= 0.6 is 0 Å². The maximum absolute atomic E-state index is 10.4. The van der Waals surface area contributed by atoms with Gasteiger partial charge < -0.3 is 43.4 Å². The fourth-order valence-electron chi connectivity index (χ4n) is 1.49. The first-order valence-corrected chi connectivity index (χ1v) is 8.36. The molecule has 28 heavy (non-hydrogen) atoms. The summed E-state index contributed by atoms with van der Waals surface area (Å²) in [6.07, 6.45) is 1.52. The molecule has 11 heteroatoms. The first kappa shape index (κ1) is 27.6. The van der Waals surface area contributed by atoms with Crippen LogP contribution in [-0.2, 0) is 20.8 Å². The summed E-state index contributed by atoms with van der Waals surface area (Å²) >= 11 is 0. The molecule has 0 spiro atoms. The molecule has 0 amide bonds. The van der Waals surface area contributed by atoms with E-state index in [4.69, 9.17) is 43.4 Å². The molecule has 3 atom stereocenters. The van der Waals surface area contributed by atoms with E-state index in [0.29, 0.717) is 25.8 Å². The van der Waals surface area contributed by atoms with E-state index in [-0.39, 0.29) is 0 Å². The number of benzene rings is 1. The van der Waals surface area contributed by atoms with Gasteiger partial charge in [0.25, 0.3) is 0 Å². The predicted octanol–water partition coefficient (Wildman–Crippen LogP) is -1.83. The Hall–Kier alpha value is -2.57. The van der Waals surface area contributed by atoms with Crippen molar-refractivity contribution >= 4 is 17.9 Å². The van der Waals surface area contributed by atoms with Crippen LogP contribution < -0.4 is 22.9 Å². The molecule has 0 unspecified atom stereocenters. The van der Waals surface area contributed by atoms with Crippen LogP contribution in [0.2, 0.25) is 0 Å². The van der Waals surface area contributed by atoms with Gasteiger partial charge >= 0.3 is 17.9 Å². The lowest BCUT2D eigenvalue weighted by molar-refractivity contribution is -0.140. The number of aliphatic hydroxyl groups is 1. The van der Waals surface area contributed by atoms with Gasteiger partial charge in [0.1, 0.15) is 18.1 Å². The SMILES string of the molecule is NCCC[C@H](N)C(=O)O.N[C@@H](CO)C(=O)O.N[C@@H](Cc1ccccc1)C(=O)O. The van der Waals surface area contributed by atoms with Crippen LogP contribution in [0.1, 0.15) is 18.4 Å². The van der Waals surface area contributed by atoms with E-state index in [9.17, 15) is 14.4 Å². The number of rotatable bonds is 9. The van der Waals surface area contributed by atoms with Crippen LogP contribution in [0, 0.1) is 0 Å². The lowest BCUT2D eigenvalue weighted by atomic mass is 10.1. The van der Waals surface area contributed by atoms with Crippen molar-refractivity contribution in [2.75, 3.05) is 13.2 Å². The number of aliphatic carboxylic acids is 3. The van der Waals surface area contributed by atoms with Gasteiger partial charge in [-0.05, 0) is 31.4 Å².